The highest BCUT2D eigenvalue weighted by Crippen LogP contribution is 2.37. The second-order valence-electron chi connectivity index (χ2n) is 4.31. The number of pyridine rings is 1. The van der Waals surface area contributed by atoms with Crippen LogP contribution in [0.25, 0.3) is 31.5 Å². The van der Waals surface area contributed by atoms with E-state index in [1.807, 2.05) is 6.07 Å². The van der Waals surface area contributed by atoms with E-state index in [1.54, 1.807) is 18.5 Å². The maximum atomic E-state index is 12.4. The van der Waals surface area contributed by atoms with Crippen molar-refractivity contribution >= 4 is 38.2 Å². The Morgan fingerprint density at radius 3 is 2.88 bits per heavy atom. The zero-order chi connectivity index (χ0) is 18.1. The lowest BCUT2D eigenvalue weighted by atomic mass is 10.3. The van der Waals surface area contributed by atoms with Crippen LogP contribution in [0.15, 0.2) is 51.5 Å². The molecule has 2 rings (SSSR count). The largest absolute Gasteiger partial charge is 0.292 e. The smallest absolute Gasteiger partial charge is 0.251 e. The predicted molar refractivity (Wildman–Crippen MR) is 97.7 cm³/mol. The number of aromatic nitrogens is 2. The molecule has 0 saturated carbocycles. The number of azide groups is 2. The Labute approximate surface area is 154 Å². The lowest BCUT2D eigenvalue weighted by molar-refractivity contribution is -0.114. The summed E-state index contributed by atoms with van der Waals surface area (Å²) in [6, 6.07) is 3.63. The molecule has 0 N–H and O–H groups in total. The van der Waals surface area contributed by atoms with Crippen LogP contribution in [0.1, 0.15) is 0 Å². The van der Waals surface area contributed by atoms with Gasteiger partial charge < -0.3 is 0 Å². The fourth-order valence-corrected chi connectivity index (χ4v) is 3.42. The van der Waals surface area contributed by atoms with Gasteiger partial charge in [-0.05, 0) is 45.2 Å². The summed E-state index contributed by atoms with van der Waals surface area (Å²) in [4.78, 5) is 27.4. The molecule has 0 fully saturated rings. The fourth-order valence-electron chi connectivity index (χ4n) is 1.73. The third-order valence-corrected chi connectivity index (χ3v) is 4.71. The number of anilines is 1. The molecule has 0 bridgehead atoms. The van der Waals surface area contributed by atoms with Gasteiger partial charge in [-0.2, -0.15) is 0 Å². The molecule has 0 saturated heterocycles. The number of carbonyl (C=O) groups excluding carboxylic acids is 1. The molecule has 0 aliphatic carbocycles. The van der Waals surface area contributed by atoms with Crippen LogP contribution in [0.2, 0.25) is 0 Å². The summed E-state index contributed by atoms with van der Waals surface area (Å²) >= 11 is 4.58. The van der Waals surface area contributed by atoms with Crippen LogP contribution in [0.3, 0.4) is 0 Å². The lowest BCUT2D eigenvalue weighted by Crippen LogP contribution is -2.28. The maximum Gasteiger partial charge on any atom is 0.251 e. The number of hydrogen-bond donors (Lipinski definition) is 0. The van der Waals surface area contributed by atoms with Crippen LogP contribution < -0.4 is 4.90 Å². The van der Waals surface area contributed by atoms with Crippen molar-refractivity contribution in [2.45, 2.75) is 0 Å². The number of nitrogens with zero attached hydrogens (tertiary/aromatic N) is 9. The summed E-state index contributed by atoms with van der Waals surface area (Å²) in [7, 11) is 0. The molecular weight excluding hydrogens is 410 g/mol. The first kappa shape index (κ1) is 18.4. The molecule has 12 heteroatoms. The van der Waals surface area contributed by atoms with Gasteiger partial charge >= 0.3 is 0 Å². The molecule has 2 aromatic heterocycles. The van der Waals surface area contributed by atoms with E-state index in [1.165, 1.54) is 28.4 Å². The van der Waals surface area contributed by atoms with Gasteiger partial charge in [0, 0.05) is 34.3 Å². The van der Waals surface area contributed by atoms with Crippen molar-refractivity contribution in [3.05, 3.63) is 62.2 Å². The van der Waals surface area contributed by atoms with E-state index in [2.05, 4.69) is 45.9 Å². The van der Waals surface area contributed by atoms with Crippen molar-refractivity contribution in [2.24, 2.45) is 10.2 Å². The molecule has 2 heterocycles. The molecule has 25 heavy (non-hydrogen) atoms. The van der Waals surface area contributed by atoms with Gasteiger partial charge in [-0.1, -0.05) is 27.6 Å². The number of carbonyl (C=O) groups is 1. The molecule has 2 aromatic rings. The predicted octanol–water partition coefficient (Wildman–Crippen LogP) is 4.43. The molecule has 0 spiro atoms. The molecule has 126 valence electrons. The monoisotopic (exact) mass is 419 g/mol. The molecule has 0 atom stereocenters. The Balaban J connectivity index is 2.33. The highest BCUT2D eigenvalue weighted by atomic mass is 79.9. The van der Waals surface area contributed by atoms with Crippen LogP contribution in [-0.4, -0.2) is 29.1 Å². The summed E-state index contributed by atoms with van der Waals surface area (Å²) in [6.45, 7) is -0.156. The second kappa shape index (κ2) is 9.40. The number of hydrogen-bond acceptors (Lipinski definition) is 6. The van der Waals surface area contributed by atoms with Gasteiger partial charge in [0.2, 0.25) is 0 Å². The summed E-state index contributed by atoms with van der Waals surface area (Å²) in [5.41, 5.74) is 17.6. The lowest BCUT2D eigenvalue weighted by Gasteiger charge is -2.16. The van der Waals surface area contributed by atoms with Crippen molar-refractivity contribution in [3.63, 3.8) is 0 Å². The highest BCUT2D eigenvalue weighted by molar-refractivity contribution is 9.10. The number of halogens is 1. The SMILES string of the molecule is [N-]=[N+]=NC/C=C/C(=O)N(CN=[N+]=[N-])c1sc(-c2cccnc2)nc1Br. The maximum absolute atomic E-state index is 12.4. The molecule has 0 aliphatic rings. The van der Waals surface area contributed by atoms with Gasteiger partial charge in [-0.15, -0.1) is 0 Å². The van der Waals surface area contributed by atoms with Crippen LogP contribution in [-0.2, 0) is 4.79 Å². The zero-order valence-corrected chi connectivity index (χ0v) is 15.0. The van der Waals surface area contributed by atoms with E-state index >= 15 is 0 Å². The zero-order valence-electron chi connectivity index (χ0n) is 12.6. The van der Waals surface area contributed by atoms with Crippen LogP contribution in [0.4, 0.5) is 5.00 Å². The van der Waals surface area contributed by atoms with Crippen molar-refractivity contribution in [1.29, 1.82) is 0 Å². The molecule has 1 amide bonds. The molecule has 10 nitrogen and oxygen atoms in total. The Morgan fingerprint density at radius 2 is 2.20 bits per heavy atom. The average molecular weight is 420 g/mol. The van der Waals surface area contributed by atoms with E-state index in [0.717, 1.165) is 5.56 Å². The highest BCUT2D eigenvalue weighted by Gasteiger charge is 2.20. The van der Waals surface area contributed by atoms with Crippen LogP contribution in [0.5, 0.6) is 0 Å². The quantitative estimate of drug-likeness (QED) is 0.283. The van der Waals surface area contributed by atoms with Crippen molar-refractivity contribution in [2.75, 3.05) is 18.1 Å². The molecule has 0 unspecified atom stereocenters. The number of thiazole rings is 1. The Kier molecular flexibility index (Phi) is 6.93. The van der Waals surface area contributed by atoms with Gasteiger partial charge in [-0.25, -0.2) is 4.98 Å². The first-order valence-electron chi connectivity index (χ1n) is 6.74. The van der Waals surface area contributed by atoms with E-state index in [4.69, 9.17) is 11.1 Å². The standard InChI is InChI=1S/C13H10BrN9OS/c14-11-13(25-12(20-11)9-3-1-5-17-7-9)23(8-19-22-16)10(24)4-2-6-18-21-15/h1-5,7H,6,8H2/b4-2+. The molecule has 0 aliphatic heterocycles. The van der Waals surface area contributed by atoms with Crippen LogP contribution in [0, 0.1) is 0 Å². The van der Waals surface area contributed by atoms with Gasteiger partial charge in [0.1, 0.15) is 21.3 Å². The van der Waals surface area contributed by atoms with Crippen LogP contribution >= 0.6 is 27.3 Å². The number of amides is 1. The minimum absolute atomic E-state index is 0.0440. The van der Waals surface area contributed by atoms with Crippen molar-refractivity contribution in [1.82, 2.24) is 9.97 Å². The minimum atomic E-state index is -0.428. The van der Waals surface area contributed by atoms with Gasteiger partial charge in [0.25, 0.3) is 5.91 Å². The minimum Gasteiger partial charge on any atom is -0.292 e. The summed E-state index contributed by atoms with van der Waals surface area (Å²) in [6.07, 6.45) is 5.98. The summed E-state index contributed by atoms with van der Waals surface area (Å²) < 4.78 is 0.446. The Hall–Kier alpha value is -2.91. The van der Waals surface area contributed by atoms with E-state index < -0.39 is 5.91 Å². The summed E-state index contributed by atoms with van der Waals surface area (Å²) in [5.74, 6) is -0.428. The Morgan fingerprint density at radius 1 is 1.40 bits per heavy atom. The van der Waals surface area contributed by atoms with Crippen molar-refractivity contribution in [3.8, 4) is 10.6 Å². The van der Waals surface area contributed by atoms with Crippen molar-refractivity contribution < 1.29 is 4.79 Å². The van der Waals surface area contributed by atoms with E-state index in [-0.39, 0.29) is 13.2 Å². The summed E-state index contributed by atoms with van der Waals surface area (Å²) in [5, 5.41) is 7.92. The topological polar surface area (TPSA) is 144 Å². The van der Waals surface area contributed by atoms with Gasteiger partial charge in [0.05, 0.1) is 0 Å². The normalized spacial score (nSPS) is 10.1. The Bertz CT molecular complexity index is 869. The fraction of sp³-hybridized carbons (Fsp3) is 0.154. The third kappa shape index (κ3) is 5.03. The molecule has 0 radical (unpaired) electrons. The first-order valence-corrected chi connectivity index (χ1v) is 8.34. The number of rotatable bonds is 7. The van der Waals surface area contributed by atoms with E-state index in [0.29, 0.717) is 14.6 Å². The molecular formula is C13H10BrN9OS. The van der Waals surface area contributed by atoms with Gasteiger partial charge in [0.15, 0.2) is 0 Å². The molecule has 0 aromatic carbocycles. The third-order valence-electron chi connectivity index (χ3n) is 2.77. The first-order chi connectivity index (χ1) is 12.2. The van der Waals surface area contributed by atoms with E-state index in [9.17, 15) is 4.79 Å². The second-order valence-corrected chi connectivity index (χ2v) is 6.04. The average Bonchev–Trinajstić information content (AvgIpc) is 3.01. The van der Waals surface area contributed by atoms with Gasteiger partial charge in [-0.3, -0.25) is 14.7 Å².